The lowest BCUT2D eigenvalue weighted by Gasteiger charge is -2.28. The largest absolute Gasteiger partial charge is 0.497 e. The molecule has 58 heavy (non-hydrogen) atoms. The van der Waals surface area contributed by atoms with Crippen LogP contribution in [0.4, 0.5) is 33.9 Å². The maximum Gasteiger partial charge on any atom is 0.327 e. The number of methoxy groups -OCH3 is 2. The first-order valence-electron chi connectivity index (χ1n) is 19.8. The van der Waals surface area contributed by atoms with Gasteiger partial charge in [-0.25, -0.2) is 19.7 Å². The van der Waals surface area contributed by atoms with Gasteiger partial charge >= 0.3 is 6.03 Å². The maximum atomic E-state index is 14.0. The number of nitrogens with one attached hydrogen (secondary N) is 2. The first kappa shape index (κ1) is 38.8. The fraction of sp³-hybridized carbons (Fsp3) is 0.372. The van der Waals surface area contributed by atoms with Gasteiger partial charge in [0, 0.05) is 93.8 Å². The number of benzene rings is 3. The van der Waals surface area contributed by atoms with Crippen LogP contribution in [0, 0.1) is 0 Å². The molecule has 0 unspecified atom stereocenters. The number of hydrogen-bond donors (Lipinski definition) is 2. The summed E-state index contributed by atoms with van der Waals surface area (Å²) < 4.78 is 21.9. The number of hydrogen-bond acceptors (Lipinski definition) is 13. The van der Waals surface area contributed by atoms with Crippen molar-refractivity contribution in [3.05, 3.63) is 102 Å². The normalized spacial score (nSPS) is 15.5. The van der Waals surface area contributed by atoms with Gasteiger partial charge in [-0.05, 0) is 60.0 Å². The third kappa shape index (κ3) is 9.39. The van der Waals surface area contributed by atoms with Crippen LogP contribution in [0.1, 0.15) is 16.7 Å². The second kappa shape index (κ2) is 18.5. The summed E-state index contributed by atoms with van der Waals surface area (Å²) in [6, 6.07) is 23.6. The summed E-state index contributed by atoms with van der Waals surface area (Å²) >= 11 is 0. The molecule has 0 spiro atoms. The number of aromatic nitrogens is 4. The molecular weight excluding hydrogens is 737 g/mol. The minimum Gasteiger partial charge on any atom is -0.497 e. The second-order valence-corrected chi connectivity index (χ2v) is 14.4. The molecule has 0 radical (unpaired) electrons. The van der Waals surface area contributed by atoms with E-state index in [0.717, 1.165) is 84.5 Å². The Morgan fingerprint density at radius 2 is 1.40 bits per heavy atom. The Morgan fingerprint density at radius 3 is 2.03 bits per heavy atom. The van der Waals surface area contributed by atoms with E-state index in [1.54, 1.807) is 19.1 Å². The van der Waals surface area contributed by atoms with E-state index in [0.29, 0.717) is 75.8 Å². The van der Waals surface area contributed by atoms with Gasteiger partial charge in [0.2, 0.25) is 11.9 Å². The zero-order valence-corrected chi connectivity index (χ0v) is 33.1. The van der Waals surface area contributed by atoms with Crippen LogP contribution in [-0.4, -0.2) is 117 Å². The average Bonchev–Trinajstić information content (AvgIpc) is 3.72. The molecule has 0 saturated carbocycles. The number of amides is 2. The number of morpholine rings is 2. The molecule has 2 aromatic heterocycles. The highest BCUT2D eigenvalue weighted by atomic mass is 16.5. The van der Waals surface area contributed by atoms with Crippen molar-refractivity contribution in [2.75, 3.05) is 112 Å². The Morgan fingerprint density at radius 1 is 0.776 bits per heavy atom. The van der Waals surface area contributed by atoms with Crippen LogP contribution in [0.5, 0.6) is 11.5 Å². The molecule has 8 rings (SSSR count). The van der Waals surface area contributed by atoms with Gasteiger partial charge in [-0.3, -0.25) is 9.80 Å². The third-order valence-electron chi connectivity index (χ3n) is 10.6. The summed E-state index contributed by atoms with van der Waals surface area (Å²) in [6.07, 6.45) is 4.24. The van der Waals surface area contributed by atoms with Crippen molar-refractivity contribution >= 4 is 35.1 Å². The molecule has 302 valence electrons. The van der Waals surface area contributed by atoms with Crippen molar-refractivity contribution in [3.63, 3.8) is 0 Å². The molecule has 5 heterocycles. The smallest absolute Gasteiger partial charge is 0.327 e. The lowest BCUT2D eigenvalue weighted by molar-refractivity contribution is 0.0398. The van der Waals surface area contributed by atoms with Gasteiger partial charge in [-0.2, -0.15) is 4.98 Å². The van der Waals surface area contributed by atoms with Crippen LogP contribution in [0.15, 0.2) is 85.2 Å². The highest BCUT2D eigenvalue weighted by Crippen LogP contribution is 2.36. The Bertz CT molecular complexity index is 2080. The standard InChI is InChI=1S/C43H50N10O5/c1-55-36-10-6-31(7-11-36)29-52(30-32-8-12-37(56-2)13-9-32)41-45-27-33(28-46-41)39-38-14-16-53(40(38)49-42(48-39)51-20-24-58-25-21-51)43(54)47-35-5-3-4-34(26-35)44-15-17-50-18-22-57-23-19-50/h3-13,26-28,44H,14-25,29-30H2,1-2H3,(H,47,54). The van der Waals surface area contributed by atoms with Crippen molar-refractivity contribution in [2.24, 2.45) is 0 Å². The Labute approximate surface area is 338 Å². The molecule has 3 aromatic carbocycles. The van der Waals surface area contributed by atoms with Crippen molar-refractivity contribution in [1.29, 1.82) is 0 Å². The Hall–Kier alpha value is -6.03. The fourth-order valence-corrected chi connectivity index (χ4v) is 7.37. The third-order valence-corrected chi connectivity index (χ3v) is 10.6. The van der Waals surface area contributed by atoms with Gasteiger partial charge in [0.05, 0.1) is 46.3 Å². The molecule has 15 heteroatoms. The lowest BCUT2D eigenvalue weighted by Crippen LogP contribution is -2.39. The summed E-state index contributed by atoms with van der Waals surface area (Å²) in [5.74, 6) is 3.32. The minimum absolute atomic E-state index is 0.249. The Balaban J connectivity index is 1.03. The van der Waals surface area contributed by atoms with Crippen LogP contribution in [-0.2, 0) is 29.0 Å². The van der Waals surface area contributed by atoms with Gasteiger partial charge in [0.15, 0.2) is 0 Å². The van der Waals surface area contributed by atoms with Gasteiger partial charge in [0.25, 0.3) is 0 Å². The molecule has 2 amide bonds. The number of nitrogens with zero attached hydrogens (tertiary/aromatic N) is 8. The molecule has 2 fully saturated rings. The average molecular weight is 787 g/mol. The molecule has 5 aromatic rings. The number of fused-ring (bicyclic) bond motifs is 1. The summed E-state index contributed by atoms with van der Waals surface area (Å²) in [6.45, 7) is 9.25. The number of carbonyl (C=O) groups is 1. The van der Waals surface area contributed by atoms with Crippen LogP contribution in [0.3, 0.4) is 0 Å². The SMILES string of the molecule is COc1ccc(CN(Cc2ccc(OC)cc2)c2ncc(-c3nc(N4CCOCC4)nc4c3CCN4C(=O)Nc3cccc(NCCN4CCOCC4)c3)cn2)cc1. The van der Waals surface area contributed by atoms with Gasteiger partial charge in [0.1, 0.15) is 17.3 Å². The number of carbonyl (C=O) groups excluding carboxylic acids is 1. The van der Waals surface area contributed by atoms with E-state index in [9.17, 15) is 4.79 Å². The molecule has 15 nitrogen and oxygen atoms in total. The number of rotatable bonds is 14. The van der Waals surface area contributed by atoms with Crippen LogP contribution in [0.25, 0.3) is 11.3 Å². The summed E-state index contributed by atoms with van der Waals surface area (Å²) in [4.78, 5) is 42.2. The fourth-order valence-electron chi connectivity index (χ4n) is 7.37. The van der Waals surface area contributed by atoms with E-state index in [-0.39, 0.29) is 6.03 Å². The zero-order chi connectivity index (χ0) is 39.7. The van der Waals surface area contributed by atoms with Crippen molar-refractivity contribution in [3.8, 4) is 22.8 Å². The van der Waals surface area contributed by atoms with Gasteiger partial charge in [-0.1, -0.05) is 30.3 Å². The maximum absolute atomic E-state index is 14.0. The zero-order valence-electron chi connectivity index (χ0n) is 33.1. The number of ether oxygens (including phenoxy) is 4. The minimum atomic E-state index is -0.249. The van der Waals surface area contributed by atoms with Gasteiger partial charge < -0.3 is 39.4 Å². The molecule has 0 aliphatic carbocycles. The first-order chi connectivity index (χ1) is 28.5. The first-order valence-corrected chi connectivity index (χ1v) is 19.8. The highest BCUT2D eigenvalue weighted by molar-refractivity contribution is 6.03. The lowest BCUT2D eigenvalue weighted by atomic mass is 10.1. The van der Waals surface area contributed by atoms with E-state index in [1.807, 2.05) is 60.9 Å². The van der Waals surface area contributed by atoms with E-state index >= 15 is 0 Å². The molecule has 2 saturated heterocycles. The van der Waals surface area contributed by atoms with Crippen LogP contribution >= 0.6 is 0 Å². The summed E-state index contributed by atoms with van der Waals surface area (Å²) in [5, 5.41) is 6.61. The number of urea groups is 1. The predicted octanol–water partition coefficient (Wildman–Crippen LogP) is 5.33. The second-order valence-electron chi connectivity index (χ2n) is 14.4. The quantitative estimate of drug-likeness (QED) is 0.150. The monoisotopic (exact) mass is 786 g/mol. The van der Waals surface area contributed by atoms with E-state index in [1.165, 1.54) is 0 Å². The van der Waals surface area contributed by atoms with E-state index in [4.69, 9.17) is 38.9 Å². The molecule has 2 N–H and O–H groups in total. The molecule has 3 aliphatic heterocycles. The number of anilines is 5. The van der Waals surface area contributed by atoms with E-state index in [2.05, 4.69) is 49.6 Å². The van der Waals surface area contributed by atoms with Crippen molar-refractivity contribution in [1.82, 2.24) is 24.8 Å². The topological polar surface area (TPSA) is 143 Å². The predicted molar refractivity (Wildman–Crippen MR) is 224 cm³/mol. The highest BCUT2D eigenvalue weighted by Gasteiger charge is 2.32. The van der Waals surface area contributed by atoms with Crippen molar-refractivity contribution in [2.45, 2.75) is 19.5 Å². The van der Waals surface area contributed by atoms with Crippen molar-refractivity contribution < 1.29 is 23.7 Å². The van der Waals surface area contributed by atoms with E-state index < -0.39 is 0 Å². The Kier molecular flexibility index (Phi) is 12.4. The van der Waals surface area contributed by atoms with Crippen LogP contribution in [0.2, 0.25) is 0 Å². The molecule has 0 bridgehead atoms. The summed E-state index contributed by atoms with van der Waals surface area (Å²) in [5.41, 5.74) is 6.19. The summed E-state index contributed by atoms with van der Waals surface area (Å²) in [7, 11) is 3.33. The molecule has 3 aliphatic rings. The van der Waals surface area contributed by atoms with Gasteiger partial charge in [-0.15, -0.1) is 0 Å². The molecule has 0 atom stereocenters. The van der Waals surface area contributed by atoms with Crippen LogP contribution < -0.4 is 34.8 Å². The molecular formula is C43H50N10O5.